The third-order valence-corrected chi connectivity index (χ3v) is 5.25. The number of hydrogen-bond donors (Lipinski definition) is 3. The third-order valence-electron chi connectivity index (χ3n) is 5.25. The van der Waals surface area contributed by atoms with Gasteiger partial charge in [0.05, 0.1) is 0 Å². The summed E-state index contributed by atoms with van der Waals surface area (Å²) in [4.78, 5) is 38.8. The largest absolute Gasteiger partial charge is 0.357 e. The number of rotatable bonds is 4. The fourth-order valence-electron chi connectivity index (χ4n) is 3.84. The zero-order valence-electron chi connectivity index (χ0n) is 15.0. The van der Waals surface area contributed by atoms with E-state index in [1.807, 2.05) is 0 Å². The van der Waals surface area contributed by atoms with Gasteiger partial charge in [0.15, 0.2) is 0 Å². The molecule has 3 rings (SSSR count). The molecule has 2 fully saturated rings. The fourth-order valence-corrected chi connectivity index (χ4v) is 3.84. The van der Waals surface area contributed by atoms with Gasteiger partial charge in [-0.2, -0.15) is 0 Å². The van der Waals surface area contributed by atoms with E-state index in [0.29, 0.717) is 24.2 Å². The minimum Gasteiger partial charge on any atom is -0.357 e. The van der Waals surface area contributed by atoms with Gasteiger partial charge in [-0.25, -0.2) is 0 Å². The van der Waals surface area contributed by atoms with Crippen molar-refractivity contribution in [1.29, 1.82) is 0 Å². The summed E-state index contributed by atoms with van der Waals surface area (Å²) < 4.78 is 0. The van der Waals surface area contributed by atoms with Crippen LogP contribution in [0.2, 0.25) is 0 Å². The summed E-state index contributed by atoms with van der Waals surface area (Å²) in [5.41, 5.74) is 7.00. The van der Waals surface area contributed by atoms with Crippen molar-refractivity contribution in [2.45, 2.75) is 44.2 Å². The quantitative estimate of drug-likeness (QED) is 0.750. The number of carbonyl (C=O) groups is 3. The Morgan fingerprint density at radius 3 is 2.58 bits per heavy atom. The van der Waals surface area contributed by atoms with Crippen LogP contribution in [0.25, 0.3) is 0 Å². The monoisotopic (exact) mass is 358 g/mol. The number of hydrogen-bond acceptors (Lipinski definition) is 4. The molecule has 7 heteroatoms. The number of likely N-dealkylation sites (tertiary alicyclic amines) is 1. The average molecular weight is 358 g/mol. The first kappa shape index (κ1) is 18.4. The van der Waals surface area contributed by atoms with Gasteiger partial charge in [0.25, 0.3) is 5.91 Å². The van der Waals surface area contributed by atoms with E-state index in [2.05, 4.69) is 10.6 Å². The Bertz CT molecular complexity index is 700. The van der Waals surface area contributed by atoms with Crippen molar-refractivity contribution in [3.63, 3.8) is 0 Å². The first-order chi connectivity index (χ1) is 12.5. The van der Waals surface area contributed by atoms with Crippen LogP contribution in [0, 0.1) is 5.92 Å². The Labute approximate surface area is 153 Å². The highest BCUT2D eigenvalue weighted by molar-refractivity contribution is 6.00. The molecule has 0 bridgehead atoms. The topological polar surface area (TPSA) is 105 Å². The first-order valence-corrected chi connectivity index (χ1v) is 9.18. The molecule has 26 heavy (non-hydrogen) atoms. The molecule has 0 radical (unpaired) electrons. The maximum Gasteiger partial charge on any atom is 0.254 e. The Morgan fingerprint density at radius 1 is 1.15 bits per heavy atom. The SMILES string of the molecule is CNC(=O)[C@@H]1C[C@@H](N)CN1C(=O)c1cccc(NC(=O)C2CCCC2)c1. The minimum absolute atomic E-state index is 0.0125. The lowest BCUT2D eigenvalue weighted by atomic mass is 10.1. The van der Waals surface area contributed by atoms with Crippen LogP contribution in [-0.4, -0.2) is 48.3 Å². The molecular weight excluding hydrogens is 332 g/mol. The van der Waals surface area contributed by atoms with Crippen molar-refractivity contribution in [1.82, 2.24) is 10.2 Å². The molecule has 2 aliphatic rings. The lowest BCUT2D eigenvalue weighted by molar-refractivity contribution is -0.124. The van der Waals surface area contributed by atoms with E-state index < -0.39 is 6.04 Å². The van der Waals surface area contributed by atoms with Crippen molar-refractivity contribution in [3.05, 3.63) is 29.8 Å². The highest BCUT2D eigenvalue weighted by Gasteiger charge is 2.38. The predicted molar refractivity (Wildman–Crippen MR) is 98.5 cm³/mol. The van der Waals surface area contributed by atoms with Gasteiger partial charge in [-0.3, -0.25) is 14.4 Å². The molecule has 4 N–H and O–H groups in total. The van der Waals surface area contributed by atoms with Crippen LogP contribution in [0.1, 0.15) is 42.5 Å². The highest BCUT2D eigenvalue weighted by Crippen LogP contribution is 2.26. The summed E-state index contributed by atoms with van der Waals surface area (Å²) in [6.07, 6.45) is 4.47. The first-order valence-electron chi connectivity index (χ1n) is 9.18. The number of nitrogens with two attached hydrogens (primary N) is 1. The molecule has 1 aromatic rings. The van der Waals surface area contributed by atoms with Gasteiger partial charge >= 0.3 is 0 Å². The molecule has 3 amide bonds. The molecule has 1 aliphatic heterocycles. The molecule has 1 aromatic carbocycles. The summed E-state index contributed by atoms with van der Waals surface area (Å²) >= 11 is 0. The number of likely N-dealkylation sites (N-methyl/N-ethyl adjacent to an activating group) is 1. The Hall–Kier alpha value is -2.41. The average Bonchev–Trinajstić information content (AvgIpc) is 3.30. The minimum atomic E-state index is -0.556. The Kier molecular flexibility index (Phi) is 5.56. The van der Waals surface area contributed by atoms with E-state index in [4.69, 9.17) is 5.73 Å². The molecule has 1 aliphatic carbocycles. The smallest absolute Gasteiger partial charge is 0.254 e. The van der Waals surface area contributed by atoms with Crippen LogP contribution in [0.4, 0.5) is 5.69 Å². The molecule has 0 aromatic heterocycles. The van der Waals surface area contributed by atoms with Crippen molar-refractivity contribution < 1.29 is 14.4 Å². The van der Waals surface area contributed by atoms with Crippen LogP contribution in [0.3, 0.4) is 0 Å². The van der Waals surface area contributed by atoms with Crippen molar-refractivity contribution in [3.8, 4) is 0 Å². The molecular formula is C19H26N4O3. The maximum atomic E-state index is 12.9. The second kappa shape index (κ2) is 7.86. The number of amides is 3. The molecule has 1 saturated heterocycles. The summed E-state index contributed by atoms with van der Waals surface area (Å²) in [5.74, 6) is -0.386. The van der Waals surface area contributed by atoms with Gasteiger partial charge in [0, 0.05) is 36.8 Å². The molecule has 1 saturated carbocycles. The van der Waals surface area contributed by atoms with Gasteiger partial charge in [0.1, 0.15) is 6.04 Å². The zero-order valence-corrected chi connectivity index (χ0v) is 15.0. The van der Waals surface area contributed by atoms with Gasteiger partial charge in [0.2, 0.25) is 11.8 Å². The van der Waals surface area contributed by atoms with E-state index in [-0.39, 0.29) is 29.7 Å². The number of nitrogens with one attached hydrogen (secondary N) is 2. The summed E-state index contributed by atoms with van der Waals surface area (Å²) in [6, 6.07) is 6.10. The second-order valence-electron chi connectivity index (χ2n) is 7.13. The standard InChI is InChI=1S/C19H26N4O3/c1-21-18(25)16-10-14(20)11-23(16)19(26)13-7-4-8-15(9-13)22-17(24)12-5-2-3-6-12/h4,7-9,12,14,16H,2-3,5-6,10-11,20H2,1H3,(H,21,25)(H,22,24)/t14-,16+/m1/s1. The number of carbonyl (C=O) groups excluding carboxylic acids is 3. The van der Waals surface area contributed by atoms with Crippen LogP contribution in [-0.2, 0) is 9.59 Å². The summed E-state index contributed by atoms with van der Waals surface area (Å²) in [7, 11) is 1.55. The fraction of sp³-hybridized carbons (Fsp3) is 0.526. The van der Waals surface area contributed by atoms with Crippen molar-refractivity contribution in [2.24, 2.45) is 11.7 Å². The predicted octanol–water partition coefficient (Wildman–Crippen LogP) is 1.10. The lowest BCUT2D eigenvalue weighted by Crippen LogP contribution is -2.45. The van der Waals surface area contributed by atoms with Crippen LogP contribution >= 0.6 is 0 Å². The molecule has 1 heterocycles. The van der Waals surface area contributed by atoms with E-state index in [1.54, 1.807) is 31.3 Å². The Balaban J connectivity index is 1.73. The normalized spacial score (nSPS) is 23.1. The van der Waals surface area contributed by atoms with Gasteiger partial charge in [-0.1, -0.05) is 18.9 Å². The molecule has 7 nitrogen and oxygen atoms in total. The van der Waals surface area contributed by atoms with Gasteiger partial charge < -0.3 is 21.3 Å². The second-order valence-corrected chi connectivity index (χ2v) is 7.13. The highest BCUT2D eigenvalue weighted by atomic mass is 16.2. The molecule has 0 spiro atoms. The van der Waals surface area contributed by atoms with Crippen LogP contribution < -0.4 is 16.4 Å². The summed E-state index contributed by atoms with van der Waals surface area (Å²) in [5, 5.41) is 5.50. The van der Waals surface area contributed by atoms with Crippen molar-refractivity contribution in [2.75, 3.05) is 18.9 Å². The van der Waals surface area contributed by atoms with Gasteiger partial charge in [-0.05, 0) is 37.5 Å². The zero-order chi connectivity index (χ0) is 18.7. The van der Waals surface area contributed by atoms with Crippen LogP contribution in [0.5, 0.6) is 0 Å². The van der Waals surface area contributed by atoms with E-state index >= 15 is 0 Å². The van der Waals surface area contributed by atoms with E-state index in [0.717, 1.165) is 25.7 Å². The number of nitrogens with zero attached hydrogens (tertiary/aromatic N) is 1. The van der Waals surface area contributed by atoms with E-state index in [9.17, 15) is 14.4 Å². The number of benzene rings is 1. The van der Waals surface area contributed by atoms with E-state index in [1.165, 1.54) is 4.90 Å². The van der Waals surface area contributed by atoms with Crippen LogP contribution in [0.15, 0.2) is 24.3 Å². The maximum absolute atomic E-state index is 12.9. The van der Waals surface area contributed by atoms with Crippen molar-refractivity contribution >= 4 is 23.4 Å². The molecule has 0 unspecified atom stereocenters. The van der Waals surface area contributed by atoms with Gasteiger partial charge in [-0.15, -0.1) is 0 Å². The molecule has 2 atom stereocenters. The number of anilines is 1. The lowest BCUT2D eigenvalue weighted by Gasteiger charge is -2.23. The Morgan fingerprint density at radius 2 is 1.88 bits per heavy atom. The molecule has 140 valence electrons. The third kappa shape index (κ3) is 3.88. The summed E-state index contributed by atoms with van der Waals surface area (Å²) in [6.45, 7) is 0.343.